The van der Waals surface area contributed by atoms with Gasteiger partial charge in [-0.3, -0.25) is 4.99 Å². The third-order valence-electron chi connectivity index (χ3n) is 2.46. The summed E-state index contributed by atoms with van der Waals surface area (Å²) >= 11 is 4.40. The molecule has 0 amide bonds. The standard InChI is InChI=1S/C11H14N2S/c1-8-9(4-2-5-10(8)14)11-12-6-3-7-13-11/h2,4-5,14H,3,6-7H2,1H3,(H,12,13). The summed E-state index contributed by atoms with van der Waals surface area (Å²) in [7, 11) is 0. The molecule has 0 saturated heterocycles. The molecule has 3 heteroatoms. The topological polar surface area (TPSA) is 24.4 Å². The fourth-order valence-corrected chi connectivity index (χ4v) is 1.80. The molecule has 74 valence electrons. The van der Waals surface area contributed by atoms with E-state index in [2.05, 4.69) is 35.9 Å². The zero-order valence-corrected chi connectivity index (χ0v) is 9.14. The van der Waals surface area contributed by atoms with Crippen molar-refractivity contribution in [3.05, 3.63) is 29.3 Å². The monoisotopic (exact) mass is 206 g/mol. The first-order valence-electron chi connectivity index (χ1n) is 4.86. The highest BCUT2D eigenvalue weighted by atomic mass is 32.1. The largest absolute Gasteiger partial charge is 0.370 e. The quantitative estimate of drug-likeness (QED) is 0.675. The summed E-state index contributed by atoms with van der Waals surface area (Å²) in [6.45, 7) is 4.03. The number of rotatable bonds is 1. The number of thiol groups is 1. The van der Waals surface area contributed by atoms with E-state index in [1.807, 2.05) is 12.1 Å². The highest BCUT2D eigenvalue weighted by molar-refractivity contribution is 7.80. The minimum atomic E-state index is 0.929. The van der Waals surface area contributed by atoms with Gasteiger partial charge in [-0.05, 0) is 25.0 Å². The van der Waals surface area contributed by atoms with Gasteiger partial charge >= 0.3 is 0 Å². The molecule has 0 spiro atoms. The van der Waals surface area contributed by atoms with E-state index in [9.17, 15) is 0 Å². The molecule has 0 radical (unpaired) electrons. The highest BCUT2D eigenvalue weighted by Gasteiger charge is 2.10. The van der Waals surface area contributed by atoms with Gasteiger partial charge in [0.1, 0.15) is 5.84 Å². The first-order chi connectivity index (χ1) is 6.79. The maximum atomic E-state index is 4.47. The second kappa shape index (κ2) is 4.05. The number of nitrogens with one attached hydrogen (secondary N) is 1. The predicted octanol–water partition coefficient (Wildman–Crippen LogP) is 2.02. The van der Waals surface area contributed by atoms with Gasteiger partial charge in [-0.2, -0.15) is 0 Å². The van der Waals surface area contributed by atoms with Crippen LogP contribution < -0.4 is 5.32 Å². The van der Waals surface area contributed by atoms with Crippen LogP contribution in [0.5, 0.6) is 0 Å². The van der Waals surface area contributed by atoms with E-state index in [4.69, 9.17) is 0 Å². The van der Waals surface area contributed by atoms with Gasteiger partial charge < -0.3 is 5.32 Å². The summed E-state index contributed by atoms with van der Waals surface area (Å²) in [6, 6.07) is 6.11. The Labute approximate surface area is 89.9 Å². The lowest BCUT2D eigenvalue weighted by Crippen LogP contribution is -2.30. The maximum Gasteiger partial charge on any atom is 0.128 e. The van der Waals surface area contributed by atoms with Gasteiger partial charge in [-0.15, -0.1) is 12.6 Å². The van der Waals surface area contributed by atoms with Crippen molar-refractivity contribution < 1.29 is 0 Å². The predicted molar refractivity (Wildman–Crippen MR) is 62.5 cm³/mol. The first-order valence-corrected chi connectivity index (χ1v) is 5.31. The molecule has 0 saturated carbocycles. The molecular formula is C11H14N2S. The third kappa shape index (κ3) is 1.77. The van der Waals surface area contributed by atoms with E-state index in [1.165, 1.54) is 11.1 Å². The third-order valence-corrected chi connectivity index (χ3v) is 2.94. The lowest BCUT2D eigenvalue weighted by atomic mass is 10.1. The molecule has 2 rings (SSSR count). The number of benzene rings is 1. The zero-order valence-electron chi connectivity index (χ0n) is 8.25. The smallest absolute Gasteiger partial charge is 0.128 e. The minimum Gasteiger partial charge on any atom is -0.370 e. The molecule has 1 aromatic carbocycles. The van der Waals surface area contributed by atoms with E-state index in [0.717, 1.165) is 30.2 Å². The number of hydrogen-bond donors (Lipinski definition) is 2. The molecule has 0 unspecified atom stereocenters. The van der Waals surface area contributed by atoms with Gasteiger partial charge in [-0.1, -0.05) is 12.1 Å². The van der Waals surface area contributed by atoms with Gasteiger partial charge in [0.05, 0.1) is 0 Å². The van der Waals surface area contributed by atoms with Crippen molar-refractivity contribution in [2.45, 2.75) is 18.2 Å². The van der Waals surface area contributed by atoms with Crippen LogP contribution >= 0.6 is 12.6 Å². The van der Waals surface area contributed by atoms with Crippen LogP contribution in [0.15, 0.2) is 28.1 Å². The Hall–Kier alpha value is -0.960. The van der Waals surface area contributed by atoms with E-state index in [0.29, 0.717) is 0 Å². The zero-order chi connectivity index (χ0) is 9.97. The fraction of sp³-hybridized carbons (Fsp3) is 0.364. The second-order valence-corrected chi connectivity index (χ2v) is 3.94. The first kappa shape index (κ1) is 9.59. The molecule has 2 nitrogen and oxygen atoms in total. The molecule has 0 aliphatic carbocycles. The maximum absolute atomic E-state index is 4.47. The van der Waals surface area contributed by atoms with Crippen LogP contribution in [0.25, 0.3) is 0 Å². The summed E-state index contributed by atoms with van der Waals surface area (Å²) in [5, 5.41) is 3.32. The molecular weight excluding hydrogens is 192 g/mol. The number of amidine groups is 1. The average molecular weight is 206 g/mol. The SMILES string of the molecule is Cc1c(S)cccc1C1=NCCCN1. The van der Waals surface area contributed by atoms with Gasteiger partial charge in [0.15, 0.2) is 0 Å². The summed E-state index contributed by atoms with van der Waals surface area (Å²) in [4.78, 5) is 5.50. The van der Waals surface area contributed by atoms with E-state index >= 15 is 0 Å². The Morgan fingerprint density at radius 1 is 1.43 bits per heavy atom. The van der Waals surface area contributed by atoms with Crippen LogP contribution in [0.1, 0.15) is 17.5 Å². The Morgan fingerprint density at radius 3 is 3.00 bits per heavy atom. The number of nitrogens with zero attached hydrogens (tertiary/aromatic N) is 1. The van der Waals surface area contributed by atoms with Crippen molar-refractivity contribution in [2.24, 2.45) is 4.99 Å². The Balaban J connectivity index is 2.40. The lowest BCUT2D eigenvalue weighted by molar-refractivity contribution is 0.742. The van der Waals surface area contributed by atoms with Gasteiger partial charge in [0.25, 0.3) is 0 Å². The molecule has 14 heavy (non-hydrogen) atoms. The van der Waals surface area contributed by atoms with Crippen molar-refractivity contribution in [1.29, 1.82) is 0 Å². The van der Waals surface area contributed by atoms with E-state index in [-0.39, 0.29) is 0 Å². The molecule has 0 aromatic heterocycles. The normalized spacial score (nSPS) is 16.0. The van der Waals surface area contributed by atoms with E-state index < -0.39 is 0 Å². The van der Waals surface area contributed by atoms with Crippen molar-refractivity contribution in [3.8, 4) is 0 Å². The molecule has 1 aromatic rings. The minimum absolute atomic E-state index is 0.929. The van der Waals surface area contributed by atoms with Crippen molar-refractivity contribution in [2.75, 3.05) is 13.1 Å². The van der Waals surface area contributed by atoms with Crippen molar-refractivity contribution >= 4 is 18.5 Å². The average Bonchev–Trinajstić information content (AvgIpc) is 2.23. The Morgan fingerprint density at radius 2 is 2.29 bits per heavy atom. The summed E-state index contributed by atoms with van der Waals surface area (Å²) in [5.41, 5.74) is 2.38. The molecule has 1 aliphatic rings. The van der Waals surface area contributed by atoms with Crippen LogP contribution in [0.2, 0.25) is 0 Å². The van der Waals surface area contributed by atoms with E-state index in [1.54, 1.807) is 0 Å². The Kier molecular flexibility index (Phi) is 2.77. The van der Waals surface area contributed by atoms with Crippen LogP contribution in [-0.4, -0.2) is 18.9 Å². The molecule has 1 aliphatic heterocycles. The molecule has 0 fully saturated rings. The summed E-state index contributed by atoms with van der Waals surface area (Å²) in [5.74, 6) is 1.02. The Bertz CT molecular complexity index is 372. The number of hydrogen-bond acceptors (Lipinski definition) is 3. The van der Waals surface area contributed by atoms with Crippen LogP contribution in [-0.2, 0) is 0 Å². The summed E-state index contributed by atoms with van der Waals surface area (Å²) < 4.78 is 0. The van der Waals surface area contributed by atoms with Gasteiger partial charge in [-0.25, -0.2) is 0 Å². The van der Waals surface area contributed by atoms with Gasteiger partial charge in [0, 0.05) is 23.5 Å². The van der Waals surface area contributed by atoms with Crippen molar-refractivity contribution in [1.82, 2.24) is 5.32 Å². The lowest BCUT2D eigenvalue weighted by Gasteiger charge is -2.16. The molecule has 1 heterocycles. The van der Waals surface area contributed by atoms with Crippen LogP contribution in [0, 0.1) is 6.92 Å². The fourth-order valence-electron chi connectivity index (χ4n) is 1.59. The number of aliphatic imine (C=N–C) groups is 1. The molecule has 0 atom stereocenters. The highest BCUT2D eigenvalue weighted by Crippen LogP contribution is 2.17. The van der Waals surface area contributed by atoms with Crippen LogP contribution in [0.3, 0.4) is 0 Å². The molecule has 0 bridgehead atoms. The second-order valence-electron chi connectivity index (χ2n) is 3.46. The summed E-state index contributed by atoms with van der Waals surface area (Å²) in [6.07, 6.45) is 1.13. The molecule has 1 N–H and O–H groups in total. The van der Waals surface area contributed by atoms with Gasteiger partial charge in [0.2, 0.25) is 0 Å². The van der Waals surface area contributed by atoms with Crippen molar-refractivity contribution in [3.63, 3.8) is 0 Å². The van der Waals surface area contributed by atoms with Crippen LogP contribution in [0.4, 0.5) is 0 Å².